The topological polar surface area (TPSA) is 49.3 Å². The van der Waals surface area contributed by atoms with E-state index in [9.17, 15) is 0 Å². The van der Waals surface area contributed by atoms with Crippen molar-refractivity contribution in [3.05, 3.63) is 42.1 Å². The lowest BCUT2D eigenvalue weighted by Crippen LogP contribution is -2.39. The number of hydrogen-bond acceptors (Lipinski definition) is 3. The van der Waals surface area contributed by atoms with Crippen molar-refractivity contribution >= 4 is 28.6 Å². The summed E-state index contributed by atoms with van der Waals surface area (Å²) in [6, 6.07) is 10.3. The number of aliphatic imine (C=N–C) groups is 1. The highest BCUT2D eigenvalue weighted by Gasteiger charge is 2.15. The van der Waals surface area contributed by atoms with Gasteiger partial charge in [-0.1, -0.05) is 18.2 Å². The smallest absolute Gasteiger partial charge is 0.191 e. The van der Waals surface area contributed by atoms with Crippen LogP contribution in [0.3, 0.4) is 0 Å². The average Bonchev–Trinajstić information content (AvgIpc) is 3.08. The molecule has 1 fully saturated rings. The molecule has 0 bridgehead atoms. The molecule has 3 rings (SSSR count). The molecule has 1 aliphatic heterocycles. The molecule has 1 aromatic heterocycles. The molecule has 1 atom stereocenters. The third-order valence-electron chi connectivity index (χ3n) is 3.93. The zero-order valence-corrected chi connectivity index (χ0v) is 13.7. The van der Waals surface area contributed by atoms with Gasteiger partial charge in [-0.25, -0.2) is 0 Å². The fourth-order valence-corrected chi connectivity index (χ4v) is 3.93. The van der Waals surface area contributed by atoms with Gasteiger partial charge < -0.3 is 10.6 Å². The van der Waals surface area contributed by atoms with Crippen LogP contribution < -0.4 is 10.6 Å². The third-order valence-corrected chi connectivity index (χ3v) is 5.33. The minimum absolute atomic E-state index is 0.723. The summed E-state index contributed by atoms with van der Waals surface area (Å²) in [6.07, 6.45) is 4.51. The van der Waals surface area contributed by atoms with Gasteiger partial charge in [-0.2, -0.15) is 11.8 Å². The number of benzene rings is 1. The van der Waals surface area contributed by atoms with E-state index in [-0.39, 0.29) is 0 Å². The van der Waals surface area contributed by atoms with Crippen LogP contribution in [0.5, 0.6) is 0 Å². The van der Waals surface area contributed by atoms with Crippen molar-refractivity contribution < 1.29 is 0 Å². The molecule has 2 N–H and O–H groups in total. The third kappa shape index (κ3) is 3.71. The summed E-state index contributed by atoms with van der Waals surface area (Å²) in [7, 11) is 1.82. The molecule has 1 unspecified atom stereocenters. The van der Waals surface area contributed by atoms with E-state index in [4.69, 9.17) is 0 Å². The van der Waals surface area contributed by atoms with Gasteiger partial charge in [-0.05, 0) is 36.3 Å². The van der Waals surface area contributed by atoms with Crippen molar-refractivity contribution in [2.45, 2.75) is 24.6 Å². The second-order valence-corrected chi connectivity index (χ2v) is 6.84. The fraction of sp³-hybridized carbons (Fsp3) is 0.412. The maximum absolute atomic E-state index is 4.40. The Morgan fingerprint density at radius 1 is 1.32 bits per heavy atom. The summed E-state index contributed by atoms with van der Waals surface area (Å²) in [4.78, 5) is 8.72. The van der Waals surface area contributed by atoms with E-state index in [0.29, 0.717) is 0 Å². The highest BCUT2D eigenvalue weighted by Crippen LogP contribution is 2.25. The van der Waals surface area contributed by atoms with Gasteiger partial charge in [0.25, 0.3) is 0 Å². The molecule has 1 aliphatic rings. The molecule has 22 heavy (non-hydrogen) atoms. The maximum Gasteiger partial charge on any atom is 0.191 e. The van der Waals surface area contributed by atoms with Crippen molar-refractivity contribution in [2.24, 2.45) is 4.99 Å². The molecule has 5 heteroatoms. The number of para-hydroxylation sites is 1. The number of pyridine rings is 1. The summed E-state index contributed by atoms with van der Waals surface area (Å²) < 4.78 is 0. The monoisotopic (exact) mass is 314 g/mol. The van der Waals surface area contributed by atoms with Crippen LogP contribution in [-0.4, -0.2) is 35.5 Å². The highest BCUT2D eigenvalue weighted by molar-refractivity contribution is 8.00. The van der Waals surface area contributed by atoms with Crippen LogP contribution in [0, 0.1) is 0 Å². The summed E-state index contributed by atoms with van der Waals surface area (Å²) in [5.74, 6) is 2.16. The molecule has 0 amide bonds. The molecule has 2 aromatic rings. The van der Waals surface area contributed by atoms with Gasteiger partial charge >= 0.3 is 0 Å². The van der Waals surface area contributed by atoms with Crippen LogP contribution in [0.4, 0.5) is 0 Å². The molecule has 2 heterocycles. The van der Waals surface area contributed by atoms with Gasteiger partial charge in [0.05, 0.1) is 5.52 Å². The first-order valence-electron chi connectivity index (χ1n) is 7.75. The van der Waals surface area contributed by atoms with E-state index in [1.807, 2.05) is 25.4 Å². The number of fused-ring (bicyclic) bond motifs is 1. The number of guanidine groups is 1. The Morgan fingerprint density at radius 2 is 2.23 bits per heavy atom. The first-order valence-corrected chi connectivity index (χ1v) is 8.80. The molecular formula is C17H22N4S. The quantitative estimate of drug-likeness (QED) is 0.673. The Balaban J connectivity index is 1.59. The Hall–Kier alpha value is -1.75. The molecule has 116 valence electrons. The summed E-state index contributed by atoms with van der Waals surface area (Å²) >= 11 is 2.06. The summed E-state index contributed by atoms with van der Waals surface area (Å²) in [6.45, 7) is 1.74. The standard InChI is InChI=1S/C17H22N4S/c1-18-17(21-12-14-5-4-10-22-14)20-11-13-8-9-19-16-7-3-2-6-15(13)16/h2-3,6-9,14H,4-5,10-12H2,1H3,(H2,18,20,21). The van der Waals surface area contributed by atoms with Crippen LogP contribution in [0.1, 0.15) is 18.4 Å². The Bertz CT molecular complexity index is 645. The van der Waals surface area contributed by atoms with E-state index < -0.39 is 0 Å². The second kappa shape index (κ2) is 7.49. The lowest BCUT2D eigenvalue weighted by atomic mass is 10.1. The van der Waals surface area contributed by atoms with Gasteiger partial charge in [0.1, 0.15) is 0 Å². The van der Waals surface area contributed by atoms with E-state index in [0.717, 1.165) is 29.8 Å². The molecule has 0 aliphatic carbocycles. The van der Waals surface area contributed by atoms with Crippen LogP contribution >= 0.6 is 11.8 Å². The van der Waals surface area contributed by atoms with E-state index in [1.165, 1.54) is 29.5 Å². The van der Waals surface area contributed by atoms with Crippen molar-refractivity contribution in [1.82, 2.24) is 15.6 Å². The summed E-state index contributed by atoms with van der Waals surface area (Å²) in [5, 5.41) is 8.75. The van der Waals surface area contributed by atoms with Crippen molar-refractivity contribution in [1.29, 1.82) is 0 Å². The van der Waals surface area contributed by atoms with Gasteiger partial charge in [-0.3, -0.25) is 9.98 Å². The van der Waals surface area contributed by atoms with E-state index in [2.05, 4.69) is 50.6 Å². The molecule has 0 radical (unpaired) electrons. The predicted octanol–water partition coefficient (Wildman–Crippen LogP) is 2.80. The van der Waals surface area contributed by atoms with Crippen LogP contribution in [0.15, 0.2) is 41.5 Å². The maximum atomic E-state index is 4.40. The number of rotatable bonds is 4. The van der Waals surface area contributed by atoms with Gasteiger partial charge in [0.2, 0.25) is 0 Å². The SMILES string of the molecule is CN=C(NCc1ccnc2ccccc12)NCC1CCCS1. The van der Waals surface area contributed by atoms with E-state index in [1.54, 1.807) is 0 Å². The predicted molar refractivity (Wildman–Crippen MR) is 95.4 cm³/mol. The number of thioether (sulfide) groups is 1. The first kappa shape index (κ1) is 15.2. The minimum Gasteiger partial charge on any atom is -0.355 e. The number of nitrogens with one attached hydrogen (secondary N) is 2. The lowest BCUT2D eigenvalue weighted by Gasteiger charge is -2.15. The lowest BCUT2D eigenvalue weighted by molar-refractivity contribution is 0.726. The number of hydrogen-bond donors (Lipinski definition) is 2. The Kier molecular flexibility index (Phi) is 5.16. The average molecular weight is 314 g/mol. The molecular weight excluding hydrogens is 292 g/mol. The van der Waals surface area contributed by atoms with Gasteiger partial charge in [0, 0.05) is 37.0 Å². The van der Waals surface area contributed by atoms with Crippen molar-refractivity contribution in [3.63, 3.8) is 0 Å². The summed E-state index contributed by atoms with van der Waals surface area (Å²) in [5.41, 5.74) is 2.27. The Morgan fingerprint density at radius 3 is 3.05 bits per heavy atom. The second-order valence-electron chi connectivity index (χ2n) is 5.43. The van der Waals surface area contributed by atoms with E-state index >= 15 is 0 Å². The van der Waals surface area contributed by atoms with Crippen molar-refractivity contribution in [2.75, 3.05) is 19.3 Å². The van der Waals surface area contributed by atoms with Gasteiger partial charge in [-0.15, -0.1) is 0 Å². The van der Waals surface area contributed by atoms with Crippen LogP contribution in [0.25, 0.3) is 10.9 Å². The zero-order valence-electron chi connectivity index (χ0n) is 12.9. The molecule has 1 aromatic carbocycles. The first-order chi connectivity index (χ1) is 10.9. The fourth-order valence-electron chi connectivity index (χ4n) is 2.72. The molecule has 0 saturated carbocycles. The van der Waals surface area contributed by atoms with Crippen LogP contribution in [-0.2, 0) is 6.54 Å². The molecule has 1 saturated heterocycles. The molecule has 4 nitrogen and oxygen atoms in total. The largest absolute Gasteiger partial charge is 0.355 e. The highest BCUT2D eigenvalue weighted by atomic mass is 32.2. The minimum atomic E-state index is 0.723. The van der Waals surface area contributed by atoms with Crippen LogP contribution in [0.2, 0.25) is 0 Å². The Labute approximate surface area is 135 Å². The number of aromatic nitrogens is 1. The zero-order chi connectivity index (χ0) is 15.2. The molecule has 0 spiro atoms. The van der Waals surface area contributed by atoms with Crippen molar-refractivity contribution in [3.8, 4) is 0 Å². The normalized spacial score (nSPS) is 18.6. The number of nitrogens with zero attached hydrogens (tertiary/aromatic N) is 2. The van der Waals surface area contributed by atoms with Gasteiger partial charge in [0.15, 0.2) is 5.96 Å².